The van der Waals surface area contributed by atoms with Crippen LogP contribution in [-0.2, 0) is 16.1 Å². The van der Waals surface area contributed by atoms with Gasteiger partial charge in [0.25, 0.3) is 0 Å². The first-order chi connectivity index (χ1) is 11.6. The van der Waals surface area contributed by atoms with Crippen LogP contribution in [0.1, 0.15) is 18.4 Å². The van der Waals surface area contributed by atoms with Gasteiger partial charge in [-0.2, -0.15) is 0 Å². The Morgan fingerprint density at radius 1 is 1.33 bits per heavy atom. The molecule has 7 nitrogen and oxygen atoms in total. The quantitative estimate of drug-likeness (QED) is 0.857. The Morgan fingerprint density at radius 3 is 2.83 bits per heavy atom. The number of anilines is 2. The third-order valence-corrected chi connectivity index (χ3v) is 4.81. The van der Waals surface area contributed by atoms with Crippen LogP contribution < -0.4 is 15.1 Å². The third-order valence-electron chi connectivity index (χ3n) is 3.75. The van der Waals surface area contributed by atoms with Gasteiger partial charge in [0.05, 0.1) is 6.54 Å². The SMILES string of the molecule is CN(CC(=O)NCc1ccccc1)c1nnc(N2CCCC2=O)s1. The van der Waals surface area contributed by atoms with Crippen LogP contribution in [0.5, 0.6) is 0 Å². The molecule has 0 aliphatic carbocycles. The smallest absolute Gasteiger partial charge is 0.239 e. The minimum Gasteiger partial charge on any atom is -0.350 e. The molecule has 1 aromatic heterocycles. The van der Waals surface area contributed by atoms with Crippen molar-refractivity contribution < 1.29 is 9.59 Å². The molecule has 1 aliphatic heterocycles. The van der Waals surface area contributed by atoms with Crippen LogP contribution in [0.4, 0.5) is 10.3 Å². The van der Waals surface area contributed by atoms with E-state index in [0.29, 0.717) is 29.8 Å². The van der Waals surface area contributed by atoms with E-state index in [4.69, 9.17) is 0 Å². The Balaban J connectivity index is 1.53. The fraction of sp³-hybridized carbons (Fsp3) is 0.375. The van der Waals surface area contributed by atoms with Gasteiger partial charge in [0, 0.05) is 26.6 Å². The topological polar surface area (TPSA) is 78.4 Å². The number of rotatable bonds is 6. The fourth-order valence-corrected chi connectivity index (χ4v) is 3.31. The van der Waals surface area contributed by atoms with Gasteiger partial charge in [-0.25, -0.2) is 0 Å². The highest BCUT2D eigenvalue weighted by Crippen LogP contribution is 2.29. The number of likely N-dealkylation sites (N-methyl/N-ethyl adjacent to an activating group) is 1. The molecule has 3 rings (SSSR count). The number of nitrogens with zero attached hydrogens (tertiary/aromatic N) is 4. The van der Waals surface area contributed by atoms with E-state index in [9.17, 15) is 9.59 Å². The molecule has 0 atom stereocenters. The average molecular weight is 345 g/mol. The van der Waals surface area contributed by atoms with E-state index in [2.05, 4.69) is 15.5 Å². The van der Waals surface area contributed by atoms with Gasteiger partial charge >= 0.3 is 0 Å². The normalized spacial score (nSPS) is 14.0. The van der Waals surface area contributed by atoms with Crippen molar-refractivity contribution in [1.29, 1.82) is 0 Å². The molecule has 1 aromatic carbocycles. The zero-order chi connectivity index (χ0) is 16.9. The van der Waals surface area contributed by atoms with Crippen LogP contribution in [0.3, 0.4) is 0 Å². The monoisotopic (exact) mass is 345 g/mol. The van der Waals surface area contributed by atoms with Crippen molar-refractivity contribution in [2.45, 2.75) is 19.4 Å². The Hall–Kier alpha value is -2.48. The summed E-state index contributed by atoms with van der Waals surface area (Å²) >= 11 is 1.33. The number of benzene rings is 1. The molecule has 1 fully saturated rings. The van der Waals surface area contributed by atoms with E-state index in [0.717, 1.165) is 12.0 Å². The lowest BCUT2D eigenvalue weighted by Gasteiger charge is -2.15. The maximum atomic E-state index is 12.1. The van der Waals surface area contributed by atoms with Gasteiger partial charge in [-0.1, -0.05) is 41.7 Å². The minimum absolute atomic E-state index is 0.0842. The zero-order valence-corrected chi connectivity index (χ0v) is 14.3. The molecule has 24 heavy (non-hydrogen) atoms. The maximum absolute atomic E-state index is 12.1. The molecule has 0 unspecified atom stereocenters. The van der Waals surface area contributed by atoms with E-state index in [1.807, 2.05) is 30.3 Å². The summed E-state index contributed by atoms with van der Waals surface area (Å²) in [6, 6.07) is 9.76. The van der Waals surface area contributed by atoms with E-state index in [1.54, 1.807) is 16.8 Å². The van der Waals surface area contributed by atoms with Crippen LogP contribution in [-0.4, -0.2) is 42.1 Å². The van der Waals surface area contributed by atoms with Gasteiger partial charge in [0.1, 0.15) is 0 Å². The molecule has 2 aromatic rings. The van der Waals surface area contributed by atoms with Crippen LogP contribution in [0, 0.1) is 0 Å². The number of carbonyl (C=O) groups is 2. The molecule has 0 bridgehead atoms. The molecule has 2 amide bonds. The number of hydrogen-bond acceptors (Lipinski definition) is 6. The molecule has 0 spiro atoms. The number of carbonyl (C=O) groups excluding carboxylic acids is 2. The summed E-state index contributed by atoms with van der Waals surface area (Å²) in [5, 5.41) is 12.3. The molecule has 126 valence electrons. The zero-order valence-electron chi connectivity index (χ0n) is 13.4. The highest BCUT2D eigenvalue weighted by Gasteiger charge is 2.25. The number of aromatic nitrogens is 2. The molecule has 1 N–H and O–H groups in total. The van der Waals surface area contributed by atoms with Gasteiger partial charge in [0.15, 0.2) is 0 Å². The Labute approximate surface area is 144 Å². The first kappa shape index (κ1) is 16.4. The van der Waals surface area contributed by atoms with Crippen molar-refractivity contribution in [2.75, 3.05) is 29.9 Å². The van der Waals surface area contributed by atoms with Crippen molar-refractivity contribution in [3.05, 3.63) is 35.9 Å². The summed E-state index contributed by atoms with van der Waals surface area (Å²) in [5.41, 5.74) is 1.05. The first-order valence-corrected chi connectivity index (χ1v) is 8.61. The number of amides is 2. The average Bonchev–Trinajstić information content (AvgIpc) is 3.22. The largest absolute Gasteiger partial charge is 0.350 e. The highest BCUT2D eigenvalue weighted by atomic mass is 32.1. The first-order valence-electron chi connectivity index (χ1n) is 7.79. The van der Waals surface area contributed by atoms with Crippen LogP contribution in [0.25, 0.3) is 0 Å². The summed E-state index contributed by atoms with van der Waals surface area (Å²) in [5.74, 6) is -0.00342. The van der Waals surface area contributed by atoms with E-state index < -0.39 is 0 Å². The summed E-state index contributed by atoms with van der Waals surface area (Å²) in [4.78, 5) is 27.2. The van der Waals surface area contributed by atoms with Gasteiger partial charge in [-0.15, -0.1) is 10.2 Å². The van der Waals surface area contributed by atoms with Crippen LogP contribution >= 0.6 is 11.3 Å². The van der Waals surface area contributed by atoms with E-state index >= 15 is 0 Å². The molecule has 0 radical (unpaired) electrons. The summed E-state index contributed by atoms with van der Waals surface area (Å²) in [6.45, 7) is 1.38. The van der Waals surface area contributed by atoms with Crippen LogP contribution in [0.15, 0.2) is 30.3 Å². The standard InChI is InChI=1S/C16H19N5O2S/c1-20(11-13(22)17-10-12-6-3-2-4-7-12)15-18-19-16(24-15)21-9-5-8-14(21)23/h2-4,6-7H,5,8-11H2,1H3,(H,17,22). The predicted octanol–water partition coefficient (Wildman–Crippen LogP) is 1.42. The Morgan fingerprint density at radius 2 is 2.12 bits per heavy atom. The van der Waals surface area contributed by atoms with Crippen molar-refractivity contribution in [2.24, 2.45) is 0 Å². The van der Waals surface area contributed by atoms with E-state index in [1.165, 1.54) is 11.3 Å². The number of hydrogen-bond donors (Lipinski definition) is 1. The lowest BCUT2D eigenvalue weighted by Crippen LogP contribution is -2.34. The molecular weight excluding hydrogens is 326 g/mol. The Kier molecular flexibility index (Phi) is 5.05. The Bertz CT molecular complexity index is 718. The second-order valence-electron chi connectivity index (χ2n) is 5.63. The number of nitrogens with one attached hydrogen (secondary N) is 1. The van der Waals surface area contributed by atoms with Gasteiger partial charge in [-0.05, 0) is 12.0 Å². The molecule has 1 aliphatic rings. The summed E-state index contributed by atoms with van der Waals surface area (Å²) in [7, 11) is 1.79. The lowest BCUT2D eigenvalue weighted by molar-refractivity contribution is -0.120. The van der Waals surface area contributed by atoms with Gasteiger partial charge in [0.2, 0.25) is 22.1 Å². The van der Waals surface area contributed by atoms with Crippen molar-refractivity contribution in [3.8, 4) is 0 Å². The molecule has 1 saturated heterocycles. The predicted molar refractivity (Wildman–Crippen MR) is 93.1 cm³/mol. The van der Waals surface area contributed by atoms with Crippen molar-refractivity contribution in [3.63, 3.8) is 0 Å². The summed E-state index contributed by atoms with van der Waals surface area (Å²) in [6.07, 6.45) is 1.41. The van der Waals surface area contributed by atoms with E-state index in [-0.39, 0.29) is 18.4 Å². The van der Waals surface area contributed by atoms with Crippen LogP contribution in [0.2, 0.25) is 0 Å². The molecule has 2 heterocycles. The summed E-state index contributed by atoms with van der Waals surface area (Å²) < 4.78 is 0. The fourth-order valence-electron chi connectivity index (χ4n) is 2.46. The third kappa shape index (κ3) is 3.88. The van der Waals surface area contributed by atoms with Gasteiger partial charge in [-0.3, -0.25) is 14.5 Å². The second-order valence-corrected chi connectivity index (χ2v) is 6.57. The van der Waals surface area contributed by atoms with Gasteiger partial charge < -0.3 is 10.2 Å². The minimum atomic E-state index is -0.0876. The lowest BCUT2D eigenvalue weighted by atomic mass is 10.2. The van der Waals surface area contributed by atoms with Crippen molar-refractivity contribution >= 4 is 33.4 Å². The molecule has 0 saturated carbocycles. The highest BCUT2D eigenvalue weighted by molar-refractivity contribution is 7.19. The van der Waals surface area contributed by atoms with Crippen molar-refractivity contribution in [1.82, 2.24) is 15.5 Å². The molecular formula is C16H19N5O2S. The molecule has 8 heteroatoms. The second kappa shape index (κ2) is 7.39. The maximum Gasteiger partial charge on any atom is 0.239 e.